The zero-order chi connectivity index (χ0) is 22.6. The van der Waals surface area contributed by atoms with E-state index in [1.54, 1.807) is 0 Å². The first-order valence-electron chi connectivity index (χ1n) is 11.1. The SMILES string of the molecule is C=Cc1c(/C(=C\C)c2ccc(Nc3ccc(-c4ccccc4)cc3)cc2)sc2ccccc12. The van der Waals surface area contributed by atoms with Crippen LogP contribution >= 0.6 is 11.3 Å². The van der Waals surface area contributed by atoms with Crippen LogP contribution < -0.4 is 5.32 Å². The highest BCUT2D eigenvalue weighted by atomic mass is 32.1. The van der Waals surface area contributed by atoms with Gasteiger partial charge in [-0.2, -0.15) is 0 Å². The van der Waals surface area contributed by atoms with Gasteiger partial charge in [0.1, 0.15) is 0 Å². The molecule has 0 aliphatic carbocycles. The van der Waals surface area contributed by atoms with E-state index in [4.69, 9.17) is 0 Å². The molecule has 0 unspecified atom stereocenters. The molecule has 1 heterocycles. The highest BCUT2D eigenvalue weighted by Gasteiger charge is 2.14. The average Bonchev–Trinajstić information content (AvgIpc) is 3.25. The molecule has 0 saturated heterocycles. The summed E-state index contributed by atoms with van der Waals surface area (Å²) in [5, 5.41) is 4.79. The summed E-state index contributed by atoms with van der Waals surface area (Å²) >= 11 is 1.83. The number of thiophene rings is 1. The Bertz CT molecular complexity index is 1420. The molecule has 2 heteroatoms. The van der Waals surface area contributed by atoms with E-state index < -0.39 is 0 Å². The minimum absolute atomic E-state index is 1.07. The molecule has 0 spiro atoms. The van der Waals surface area contributed by atoms with Crippen LogP contribution in [0.1, 0.15) is 22.9 Å². The third-order valence-corrected chi connectivity index (χ3v) is 7.07. The van der Waals surface area contributed by atoms with Crippen LogP contribution in [0.2, 0.25) is 0 Å². The molecule has 5 aromatic rings. The van der Waals surface area contributed by atoms with Crippen molar-refractivity contribution in [3.05, 3.63) is 132 Å². The first kappa shape index (κ1) is 21.0. The number of hydrogen-bond donors (Lipinski definition) is 1. The maximum Gasteiger partial charge on any atom is 0.0430 e. The van der Waals surface area contributed by atoms with Crippen LogP contribution in [0.3, 0.4) is 0 Å². The van der Waals surface area contributed by atoms with Crippen molar-refractivity contribution in [2.75, 3.05) is 5.32 Å². The first-order chi connectivity index (χ1) is 16.3. The zero-order valence-electron chi connectivity index (χ0n) is 18.6. The molecule has 0 atom stereocenters. The molecule has 1 N–H and O–H groups in total. The molecule has 33 heavy (non-hydrogen) atoms. The lowest BCUT2D eigenvalue weighted by molar-refractivity contribution is 1.52. The standard InChI is InChI=1S/C31H25NS/c1-3-27(31-28(4-2)29-12-8-9-13-30(29)33-31)24-16-20-26(21-17-24)32-25-18-14-23(15-19-25)22-10-6-5-7-11-22/h3-21,32H,2H2,1H3/b27-3-. The van der Waals surface area contributed by atoms with E-state index in [2.05, 4.69) is 122 Å². The van der Waals surface area contributed by atoms with Crippen LogP contribution in [0.15, 0.2) is 116 Å². The molecule has 0 amide bonds. The van der Waals surface area contributed by atoms with Crippen molar-refractivity contribution in [3.63, 3.8) is 0 Å². The van der Waals surface area contributed by atoms with Crippen molar-refractivity contribution >= 4 is 44.4 Å². The number of fused-ring (bicyclic) bond motifs is 1. The van der Waals surface area contributed by atoms with Crippen LogP contribution in [-0.4, -0.2) is 0 Å². The van der Waals surface area contributed by atoms with E-state index >= 15 is 0 Å². The van der Waals surface area contributed by atoms with Crippen molar-refractivity contribution in [1.29, 1.82) is 0 Å². The van der Waals surface area contributed by atoms with Crippen LogP contribution in [-0.2, 0) is 0 Å². The molecule has 0 saturated carbocycles. The fourth-order valence-electron chi connectivity index (χ4n) is 4.17. The summed E-state index contributed by atoms with van der Waals surface area (Å²) in [5.74, 6) is 0. The Hall–Kier alpha value is -3.88. The van der Waals surface area contributed by atoms with Gasteiger partial charge < -0.3 is 5.32 Å². The average molecular weight is 444 g/mol. The van der Waals surface area contributed by atoms with Crippen molar-refractivity contribution in [3.8, 4) is 11.1 Å². The van der Waals surface area contributed by atoms with Gasteiger partial charge in [-0.05, 0) is 59.5 Å². The van der Waals surface area contributed by atoms with Gasteiger partial charge in [0.15, 0.2) is 0 Å². The number of nitrogens with one attached hydrogen (secondary N) is 1. The molecule has 0 bridgehead atoms. The number of rotatable bonds is 6. The monoisotopic (exact) mass is 443 g/mol. The maximum absolute atomic E-state index is 4.08. The Morgan fingerprint density at radius 1 is 0.727 bits per heavy atom. The minimum atomic E-state index is 1.07. The quantitative estimate of drug-likeness (QED) is 0.275. The third kappa shape index (κ3) is 4.26. The zero-order valence-corrected chi connectivity index (χ0v) is 19.4. The molecule has 0 aliphatic rings. The summed E-state index contributed by atoms with van der Waals surface area (Å²) in [6.07, 6.45) is 4.18. The summed E-state index contributed by atoms with van der Waals surface area (Å²) < 4.78 is 1.29. The van der Waals surface area contributed by atoms with Crippen LogP contribution in [0.5, 0.6) is 0 Å². The molecular weight excluding hydrogens is 418 g/mol. The van der Waals surface area contributed by atoms with Gasteiger partial charge in [0.2, 0.25) is 0 Å². The lowest BCUT2D eigenvalue weighted by atomic mass is 9.99. The lowest BCUT2D eigenvalue weighted by Gasteiger charge is -2.11. The highest BCUT2D eigenvalue weighted by Crippen LogP contribution is 2.39. The van der Waals surface area contributed by atoms with E-state index in [1.807, 2.05) is 23.5 Å². The Balaban J connectivity index is 1.38. The highest BCUT2D eigenvalue weighted by molar-refractivity contribution is 7.20. The molecule has 1 aromatic heterocycles. The minimum Gasteiger partial charge on any atom is -0.356 e. The molecule has 4 aromatic carbocycles. The predicted octanol–water partition coefficient (Wildman–Crippen LogP) is 9.41. The van der Waals surface area contributed by atoms with E-state index in [1.165, 1.54) is 42.8 Å². The molecule has 0 aliphatic heterocycles. The van der Waals surface area contributed by atoms with Crippen molar-refractivity contribution in [2.24, 2.45) is 0 Å². The van der Waals surface area contributed by atoms with E-state index in [0.29, 0.717) is 0 Å². The van der Waals surface area contributed by atoms with Gasteiger partial charge in [0.05, 0.1) is 0 Å². The molecule has 1 nitrogen and oxygen atoms in total. The topological polar surface area (TPSA) is 12.0 Å². The molecular formula is C31H25NS. The van der Waals surface area contributed by atoms with Gasteiger partial charge in [-0.15, -0.1) is 11.3 Å². The summed E-state index contributed by atoms with van der Waals surface area (Å²) in [4.78, 5) is 1.27. The predicted molar refractivity (Wildman–Crippen MR) is 146 cm³/mol. The fourth-order valence-corrected chi connectivity index (χ4v) is 5.48. The second-order valence-corrected chi connectivity index (χ2v) is 8.95. The third-order valence-electron chi connectivity index (χ3n) is 5.85. The summed E-state index contributed by atoms with van der Waals surface area (Å²) in [6.45, 7) is 6.18. The summed E-state index contributed by atoms with van der Waals surface area (Å²) in [6, 6.07) is 36.2. The van der Waals surface area contributed by atoms with Gasteiger partial charge in [-0.1, -0.05) is 91.5 Å². The van der Waals surface area contributed by atoms with E-state index in [0.717, 1.165) is 11.4 Å². The first-order valence-corrected chi connectivity index (χ1v) is 11.9. The second-order valence-electron chi connectivity index (χ2n) is 7.89. The van der Waals surface area contributed by atoms with Crippen molar-refractivity contribution in [2.45, 2.75) is 6.92 Å². The number of anilines is 2. The van der Waals surface area contributed by atoms with Gasteiger partial charge >= 0.3 is 0 Å². The fraction of sp³-hybridized carbons (Fsp3) is 0.0323. The van der Waals surface area contributed by atoms with E-state index in [9.17, 15) is 0 Å². The lowest BCUT2D eigenvalue weighted by Crippen LogP contribution is -1.92. The molecule has 0 radical (unpaired) electrons. The Labute approximate surface area is 199 Å². The van der Waals surface area contributed by atoms with Gasteiger partial charge in [0, 0.05) is 31.9 Å². The summed E-state index contributed by atoms with van der Waals surface area (Å²) in [5.41, 5.74) is 8.25. The number of benzene rings is 4. The largest absolute Gasteiger partial charge is 0.356 e. The Kier molecular flexibility index (Phi) is 5.93. The number of allylic oxidation sites excluding steroid dienone is 1. The molecule has 0 fully saturated rings. The van der Waals surface area contributed by atoms with Gasteiger partial charge in [-0.3, -0.25) is 0 Å². The van der Waals surface area contributed by atoms with Crippen molar-refractivity contribution < 1.29 is 0 Å². The second kappa shape index (κ2) is 9.32. The van der Waals surface area contributed by atoms with Gasteiger partial charge in [0.25, 0.3) is 0 Å². The van der Waals surface area contributed by atoms with Crippen LogP contribution in [0.4, 0.5) is 11.4 Å². The smallest absolute Gasteiger partial charge is 0.0430 e. The van der Waals surface area contributed by atoms with Crippen LogP contribution in [0, 0.1) is 0 Å². The normalized spacial score (nSPS) is 11.5. The Morgan fingerprint density at radius 2 is 1.33 bits per heavy atom. The summed E-state index contributed by atoms with van der Waals surface area (Å²) in [7, 11) is 0. The van der Waals surface area contributed by atoms with Crippen LogP contribution in [0.25, 0.3) is 32.9 Å². The van der Waals surface area contributed by atoms with Crippen molar-refractivity contribution in [1.82, 2.24) is 0 Å². The Morgan fingerprint density at radius 3 is 2.00 bits per heavy atom. The van der Waals surface area contributed by atoms with E-state index in [-0.39, 0.29) is 0 Å². The molecule has 5 rings (SSSR count). The number of hydrogen-bond acceptors (Lipinski definition) is 2. The van der Waals surface area contributed by atoms with Gasteiger partial charge in [-0.25, -0.2) is 0 Å². The maximum atomic E-state index is 4.08. The molecule has 160 valence electrons.